The minimum Gasteiger partial charge on any atom is -0.314 e. The van der Waals surface area contributed by atoms with Gasteiger partial charge in [-0.25, -0.2) is 0 Å². The standard InChI is InChI=1S/C17H25BrN2/c1-2-8-19-15-10-16-6-7-17(11-15)20(16)12-13-4-3-5-14(18)9-13/h3-5,9,15-17,19H,2,6-8,10-12H2,1H3. The van der Waals surface area contributed by atoms with E-state index >= 15 is 0 Å². The Kier molecular flexibility index (Phi) is 4.79. The van der Waals surface area contributed by atoms with Gasteiger partial charge < -0.3 is 5.32 Å². The zero-order valence-electron chi connectivity index (χ0n) is 12.3. The number of fused-ring (bicyclic) bond motifs is 2. The van der Waals surface area contributed by atoms with Crippen LogP contribution in [-0.2, 0) is 6.54 Å². The second kappa shape index (κ2) is 6.59. The molecule has 2 saturated heterocycles. The van der Waals surface area contributed by atoms with E-state index in [0.717, 1.165) is 24.7 Å². The molecule has 1 N–H and O–H groups in total. The number of benzene rings is 1. The van der Waals surface area contributed by atoms with Gasteiger partial charge in [-0.05, 0) is 56.3 Å². The lowest BCUT2D eigenvalue weighted by molar-refractivity contribution is 0.109. The molecular weight excluding hydrogens is 312 g/mol. The summed E-state index contributed by atoms with van der Waals surface area (Å²) in [5, 5.41) is 3.73. The second-order valence-electron chi connectivity index (χ2n) is 6.31. The van der Waals surface area contributed by atoms with Crippen molar-refractivity contribution in [3.05, 3.63) is 34.3 Å². The lowest BCUT2D eigenvalue weighted by atomic mass is 9.96. The molecule has 0 amide bonds. The maximum Gasteiger partial charge on any atom is 0.0240 e. The van der Waals surface area contributed by atoms with Gasteiger partial charge >= 0.3 is 0 Å². The van der Waals surface area contributed by atoms with Gasteiger partial charge in [0.15, 0.2) is 0 Å². The van der Waals surface area contributed by atoms with Gasteiger partial charge in [0.25, 0.3) is 0 Å². The van der Waals surface area contributed by atoms with Crippen LogP contribution in [0.3, 0.4) is 0 Å². The third-order valence-electron chi connectivity index (χ3n) is 4.82. The summed E-state index contributed by atoms with van der Waals surface area (Å²) in [5.74, 6) is 0. The number of hydrogen-bond acceptors (Lipinski definition) is 2. The SMILES string of the molecule is CCCNC1CC2CCC(C1)N2Cc1cccc(Br)c1. The Balaban J connectivity index is 1.62. The van der Waals surface area contributed by atoms with Gasteiger partial charge in [-0.15, -0.1) is 0 Å². The minimum absolute atomic E-state index is 0.756. The molecule has 20 heavy (non-hydrogen) atoms. The molecule has 0 aliphatic carbocycles. The molecule has 2 bridgehead atoms. The van der Waals surface area contributed by atoms with E-state index in [1.165, 1.54) is 48.7 Å². The van der Waals surface area contributed by atoms with E-state index in [2.05, 4.69) is 57.3 Å². The molecule has 0 aromatic heterocycles. The molecule has 2 heterocycles. The second-order valence-corrected chi connectivity index (χ2v) is 7.23. The predicted molar refractivity (Wildman–Crippen MR) is 87.8 cm³/mol. The molecule has 3 rings (SSSR count). The van der Waals surface area contributed by atoms with E-state index < -0.39 is 0 Å². The van der Waals surface area contributed by atoms with Crippen LogP contribution in [0.25, 0.3) is 0 Å². The zero-order chi connectivity index (χ0) is 13.9. The summed E-state index contributed by atoms with van der Waals surface area (Å²) < 4.78 is 1.20. The molecular formula is C17H25BrN2. The Labute approximate surface area is 131 Å². The zero-order valence-corrected chi connectivity index (χ0v) is 13.9. The maximum atomic E-state index is 3.73. The van der Waals surface area contributed by atoms with Crippen LogP contribution in [0.1, 0.15) is 44.6 Å². The fourth-order valence-corrected chi connectivity index (χ4v) is 4.34. The van der Waals surface area contributed by atoms with Crippen molar-refractivity contribution in [3.63, 3.8) is 0 Å². The molecule has 1 aromatic carbocycles. The Hall–Kier alpha value is -0.380. The molecule has 110 valence electrons. The average Bonchev–Trinajstić information content (AvgIpc) is 2.68. The molecule has 2 unspecified atom stereocenters. The van der Waals surface area contributed by atoms with Crippen LogP contribution in [0.15, 0.2) is 28.7 Å². The molecule has 2 atom stereocenters. The fourth-order valence-electron chi connectivity index (χ4n) is 3.89. The smallest absolute Gasteiger partial charge is 0.0240 e. The van der Waals surface area contributed by atoms with Gasteiger partial charge in [0.05, 0.1) is 0 Å². The van der Waals surface area contributed by atoms with E-state index in [4.69, 9.17) is 0 Å². The number of halogens is 1. The monoisotopic (exact) mass is 336 g/mol. The van der Waals surface area contributed by atoms with Gasteiger partial charge in [-0.1, -0.05) is 35.0 Å². The molecule has 0 saturated carbocycles. The molecule has 2 aliphatic heterocycles. The van der Waals surface area contributed by atoms with Gasteiger partial charge in [-0.3, -0.25) is 4.90 Å². The van der Waals surface area contributed by atoms with Crippen LogP contribution in [0.4, 0.5) is 0 Å². The summed E-state index contributed by atoms with van der Waals surface area (Å²) in [6.45, 7) is 4.55. The van der Waals surface area contributed by atoms with Crippen LogP contribution >= 0.6 is 15.9 Å². The lowest BCUT2D eigenvalue weighted by Crippen LogP contribution is -2.48. The van der Waals surface area contributed by atoms with Crippen LogP contribution < -0.4 is 5.32 Å². The highest BCUT2D eigenvalue weighted by Crippen LogP contribution is 2.37. The van der Waals surface area contributed by atoms with Crippen molar-refractivity contribution >= 4 is 15.9 Å². The highest BCUT2D eigenvalue weighted by atomic mass is 79.9. The summed E-state index contributed by atoms with van der Waals surface area (Å²) in [4.78, 5) is 2.76. The minimum atomic E-state index is 0.756. The van der Waals surface area contributed by atoms with Gasteiger partial charge in [-0.2, -0.15) is 0 Å². The first-order valence-electron chi connectivity index (χ1n) is 8.00. The predicted octanol–water partition coefficient (Wildman–Crippen LogP) is 3.94. The Bertz CT molecular complexity index is 434. The number of hydrogen-bond donors (Lipinski definition) is 1. The Morgan fingerprint density at radius 1 is 1.25 bits per heavy atom. The summed E-state index contributed by atoms with van der Waals surface area (Å²) in [7, 11) is 0. The fraction of sp³-hybridized carbons (Fsp3) is 0.647. The van der Waals surface area contributed by atoms with Crippen LogP contribution in [-0.4, -0.2) is 29.6 Å². The van der Waals surface area contributed by atoms with Crippen molar-refractivity contribution in [2.45, 2.75) is 63.7 Å². The average molecular weight is 337 g/mol. The molecule has 0 radical (unpaired) electrons. The van der Waals surface area contributed by atoms with Crippen molar-refractivity contribution in [1.82, 2.24) is 10.2 Å². The molecule has 2 fully saturated rings. The van der Waals surface area contributed by atoms with E-state index in [-0.39, 0.29) is 0 Å². The molecule has 2 aliphatic rings. The van der Waals surface area contributed by atoms with Crippen molar-refractivity contribution in [1.29, 1.82) is 0 Å². The summed E-state index contributed by atoms with van der Waals surface area (Å²) in [5.41, 5.74) is 1.44. The summed E-state index contributed by atoms with van der Waals surface area (Å²) >= 11 is 3.58. The lowest BCUT2D eigenvalue weighted by Gasteiger charge is -2.39. The van der Waals surface area contributed by atoms with Gasteiger partial charge in [0.1, 0.15) is 0 Å². The summed E-state index contributed by atoms with van der Waals surface area (Å²) in [6, 6.07) is 11.1. The van der Waals surface area contributed by atoms with Crippen LogP contribution in [0, 0.1) is 0 Å². The number of rotatable bonds is 5. The first-order valence-corrected chi connectivity index (χ1v) is 8.79. The largest absolute Gasteiger partial charge is 0.314 e. The molecule has 1 aromatic rings. The van der Waals surface area contributed by atoms with Crippen LogP contribution in [0.5, 0.6) is 0 Å². The van der Waals surface area contributed by atoms with E-state index in [9.17, 15) is 0 Å². The third kappa shape index (κ3) is 3.26. The number of nitrogens with zero attached hydrogens (tertiary/aromatic N) is 1. The molecule has 2 nitrogen and oxygen atoms in total. The highest BCUT2D eigenvalue weighted by Gasteiger charge is 2.40. The van der Waals surface area contributed by atoms with Gasteiger partial charge in [0, 0.05) is 29.1 Å². The number of piperidine rings is 1. The Morgan fingerprint density at radius 2 is 2.00 bits per heavy atom. The van der Waals surface area contributed by atoms with Crippen molar-refractivity contribution < 1.29 is 0 Å². The summed E-state index contributed by atoms with van der Waals surface area (Å²) in [6.07, 6.45) is 6.70. The molecule has 3 heteroatoms. The van der Waals surface area contributed by atoms with E-state index in [1.54, 1.807) is 0 Å². The first kappa shape index (κ1) is 14.6. The van der Waals surface area contributed by atoms with Crippen molar-refractivity contribution in [2.75, 3.05) is 6.54 Å². The maximum absolute atomic E-state index is 3.73. The molecule has 0 spiro atoms. The van der Waals surface area contributed by atoms with Crippen molar-refractivity contribution in [2.24, 2.45) is 0 Å². The van der Waals surface area contributed by atoms with Crippen molar-refractivity contribution in [3.8, 4) is 0 Å². The quantitative estimate of drug-likeness (QED) is 0.875. The Morgan fingerprint density at radius 3 is 2.65 bits per heavy atom. The topological polar surface area (TPSA) is 15.3 Å². The third-order valence-corrected chi connectivity index (χ3v) is 5.31. The van der Waals surface area contributed by atoms with Gasteiger partial charge in [0.2, 0.25) is 0 Å². The normalized spacial score (nSPS) is 29.8. The van der Waals surface area contributed by atoms with E-state index in [1.807, 2.05) is 0 Å². The van der Waals surface area contributed by atoms with Crippen LogP contribution in [0.2, 0.25) is 0 Å². The van der Waals surface area contributed by atoms with E-state index in [0.29, 0.717) is 0 Å². The first-order chi connectivity index (χ1) is 9.76. The number of nitrogens with one attached hydrogen (secondary N) is 1. The highest BCUT2D eigenvalue weighted by molar-refractivity contribution is 9.10.